The van der Waals surface area contributed by atoms with Gasteiger partial charge in [-0.25, -0.2) is 0 Å². The van der Waals surface area contributed by atoms with Crippen molar-refractivity contribution in [3.05, 3.63) is 36.2 Å². The Bertz CT molecular complexity index is 581. The molecule has 1 aromatic carbocycles. The maximum atomic E-state index is 11.1. The van der Waals surface area contributed by atoms with Crippen LogP contribution in [-0.2, 0) is 13.1 Å². The average molecular weight is 263 g/mol. The molecule has 0 radical (unpaired) electrons. The highest BCUT2D eigenvalue weighted by Gasteiger charge is 2.23. The molecule has 18 heavy (non-hydrogen) atoms. The smallest absolute Gasteiger partial charge is 0.316 e. The number of nitrogens with zero attached hydrogens (tertiary/aromatic N) is 4. The molecule has 2 heterocycles. The molecule has 0 atom stereocenters. The lowest BCUT2D eigenvalue weighted by atomic mass is 10.2. The van der Waals surface area contributed by atoms with E-state index in [2.05, 4.69) is 10.2 Å². The number of aromatic nitrogens is 3. The van der Waals surface area contributed by atoms with Crippen LogP contribution in [0.3, 0.4) is 0 Å². The number of carbonyl (C=O) groups is 1. The van der Waals surface area contributed by atoms with E-state index in [9.17, 15) is 4.79 Å². The van der Waals surface area contributed by atoms with Gasteiger partial charge in [-0.15, -0.1) is 10.2 Å². The monoisotopic (exact) mass is 262 g/mol. The van der Waals surface area contributed by atoms with Crippen molar-refractivity contribution in [3.63, 3.8) is 0 Å². The molecule has 2 aromatic rings. The summed E-state index contributed by atoms with van der Waals surface area (Å²) in [6.07, 6.45) is 0. The highest BCUT2D eigenvalue weighted by atomic mass is 35.5. The highest BCUT2D eigenvalue weighted by Crippen LogP contribution is 2.21. The summed E-state index contributed by atoms with van der Waals surface area (Å²) < 4.78 is 2.03. The van der Waals surface area contributed by atoms with Crippen molar-refractivity contribution in [3.8, 4) is 11.4 Å². The normalized spacial score (nSPS) is 14.4. The van der Waals surface area contributed by atoms with Gasteiger partial charge in [0.15, 0.2) is 11.6 Å². The molecule has 92 valence electrons. The SMILES string of the molecule is O=C(Cl)N1CCn2c(nnc2-c2ccccc2)C1. The first-order valence-corrected chi connectivity index (χ1v) is 6.05. The van der Waals surface area contributed by atoms with Crippen molar-refractivity contribution in [1.82, 2.24) is 19.7 Å². The summed E-state index contributed by atoms with van der Waals surface area (Å²) in [6.45, 7) is 1.68. The summed E-state index contributed by atoms with van der Waals surface area (Å²) in [4.78, 5) is 12.7. The Morgan fingerprint density at radius 1 is 1.17 bits per heavy atom. The quantitative estimate of drug-likeness (QED) is 0.584. The average Bonchev–Trinajstić information content (AvgIpc) is 2.82. The third-order valence-electron chi connectivity index (χ3n) is 3.03. The highest BCUT2D eigenvalue weighted by molar-refractivity contribution is 6.62. The lowest BCUT2D eigenvalue weighted by Gasteiger charge is -2.25. The molecule has 1 aliphatic heterocycles. The second-order valence-corrected chi connectivity index (χ2v) is 4.46. The zero-order valence-electron chi connectivity index (χ0n) is 9.58. The van der Waals surface area contributed by atoms with E-state index in [0.717, 1.165) is 17.2 Å². The van der Waals surface area contributed by atoms with Crippen molar-refractivity contribution in [1.29, 1.82) is 0 Å². The summed E-state index contributed by atoms with van der Waals surface area (Å²) in [7, 11) is 0. The summed E-state index contributed by atoms with van der Waals surface area (Å²) in [5, 5.41) is 7.88. The van der Waals surface area contributed by atoms with Gasteiger partial charge in [-0.3, -0.25) is 4.79 Å². The third-order valence-corrected chi connectivity index (χ3v) is 3.27. The second kappa shape index (κ2) is 4.42. The van der Waals surface area contributed by atoms with Crippen LogP contribution in [0.15, 0.2) is 30.3 Å². The van der Waals surface area contributed by atoms with E-state index in [0.29, 0.717) is 19.6 Å². The fourth-order valence-electron chi connectivity index (χ4n) is 2.11. The zero-order valence-corrected chi connectivity index (χ0v) is 10.3. The molecule has 0 spiro atoms. The Kier molecular flexibility index (Phi) is 2.76. The van der Waals surface area contributed by atoms with Gasteiger partial charge >= 0.3 is 5.37 Å². The number of benzene rings is 1. The van der Waals surface area contributed by atoms with Crippen LogP contribution in [0.2, 0.25) is 0 Å². The molecule has 5 nitrogen and oxygen atoms in total. The Balaban J connectivity index is 1.96. The molecule has 3 rings (SSSR count). The fourth-order valence-corrected chi connectivity index (χ4v) is 2.25. The van der Waals surface area contributed by atoms with Crippen LogP contribution in [0.25, 0.3) is 11.4 Å². The minimum absolute atomic E-state index is 0.419. The van der Waals surface area contributed by atoms with Crippen LogP contribution in [0.5, 0.6) is 0 Å². The Morgan fingerprint density at radius 2 is 1.94 bits per heavy atom. The minimum Gasteiger partial charge on any atom is -0.320 e. The van der Waals surface area contributed by atoms with Crippen LogP contribution in [0.1, 0.15) is 5.82 Å². The first kappa shape index (κ1) is 11.2. The van der Waals surface area contributed by atoms with Crippen LogP contribution in [0, 0.1) is 0 Å². The standard InChI is InChI=1S/C12H11ClN4O/c13-12(18)16-6-7-17-10(8-16)14-15-11(17)9-4-2-1-3-5-9/h1-5H,6-8H2. The lowest BCUT2D eigenvalue weighted by molar-refractivity contribution is 0.206. The van der Waals surface area contributed by atoms with E-state index in [4.69, 9.17) is 11.6 Å². The van der Waals surface area contributed by atoms with Gasteiger partial charge in [0, 0.05) is 18.7 Å². The Morgan fingerprint density at radius 3 is 2.67 bits per heavy atom. The first-order chi connectivity index (χ1) is 8.75. The van der Waals surface area contributed by atoms with Gasteiger partial charge in [-0.05, 0) is 11.6 Å². The van der Waals surface area contributed by atoms with Crippen LogP contribution in [-0.4, -0.2) is 31.6 Å². The van der Waals surface area contributed by atoms with Crippen LogP contribution in [0.4, 0.5) is 4.79 Å². The topological polar surface area (TPSA) is 51.0 Å². The van der Waals surface area contributed by atoms with E-state index < -0.39 is 5.37 Å². The van der Waals surface area contributed by atoms with Gasteiger partial charge in [0.1, 0.15) is 0 Å². The van der Waals surface area contributed by atoms with Gasteiger partial charge in [-0.1, -0.05) is 30.3 Å². The number of hydrogen-bond acceptors (Lipinski definition) is 3. The van der Waals surface area contributed by atoms with E-state index in [1.54, 1.807) is 4.90 Å². The predicted octanol–water partition coefficient (Wildman–Crippen LogP) is 2.12. The molecule has 6 heteroatoms. The summed E-state index contributed by atoms with van der Waals surface area (Å²) >= 11 is 5.48. The van der Waals surface area contributed by atoms with Crippen molar-refractivity contribution in [2.75, 3.05) is 6.54 Å². The molecule has 0 fully saturated rings. The van der Waals surface area contributed by atoms with E-state index in [1.165, 1.54) is 0 Å². The Labute approximate surface area is 109 Å². The largest absolute Gasteiger partial charge is 0.320 e. The van der Waals surface area contributed by atoms with Gasteiger partial charge in [0.2, 0.25) is 0 Å². The van der Waals surface area contributed by atoms with Crippen LogP contribution < -0.4 is 0 Å². The molecule has 1 aliphatic rings. The third kappa shape index (κ3) is 1.86. The minimum atomic E-state index is -0.439. The molecule has 0 saturated heterocycles. The molecule has 1 aromatic heterocycles. The maximum Gasteiger partial charge on any atom is 0.316 e. The number of amides is 1. The van der Waals surface area contributed by atoms with Crippen molar-refractivity contribution in [2.45, 2.75) is 13.1 Å². The molecule has 0 unspecified atom stereocenters. The summed E-state index contributed by atoms with van der Waals surface area (Å²) in [6, 6.07) is 9.89. The van der Waals surface area contributed by atoms with Gasteiger partial charge in [0.25, 0.3) is 0 Å². The number of carbonyl (C=O) groups excluding carboxylic acids is 1. The second-order valence-electron chi connectivity index (χ2n) is 4.13. The maximum absolute atomic E-state index is 11.1. The van der Waals surface area contributed by atoms with Gasteiger partial charge < -0.3 is 9.47 Å². The lowest BCUT2D eigenvalue weighted by Crippen LogP contribution is -2.35. The van der Waals surface area contributed by atoms with Crippen LogP contribution >= 0.6 is 11.6 Å². The van der Waals surface area contributed by atoms with Crippen molar-refractivity contribution < 1.29 is 4.79 Å². The molecule has 1 amide bonds. The van der Waals surface area contributed by atoms with Gasteiger partial charge in [0.05, 0.1) is 6.54 Å². The molecular formula is C12H11ClN4O. The fraction of sp³-hybridized carbons (Fsp3) is 0.250. The van der Waals surface area contributed by atoms with Crippen molar-refractivity contribution in [2.24, 2.45) is 0 Å². The van der Waals surface area contributed by atoms with Gasteiger partial charge in [-0.2, -0.15) is 0 Å². The molecule has 0 saturated carbocycles. The summed E-state index contributed by atoms with van der Waals surface area (Å²) in [5.41, 5.74) is 1.03. The molecule has 0 N–H and O–H groups in total. The van der Waals surface area contributed by atoms with E-state index in [1.807, 2.05) is 34.9 Å². The predicted molar refractivity (Wildman–Crippen MR) is 67.1 cm³/mol. The number of halogens is 1. The molecular weight excluding hydrogens is 252 g/mol. The van der Waals surface area contributed by atoms with E-state index >= 15 is 0 Å². The molecule has 0 aliphatic carbocycles. The Hall–Kier alpha value is -1.88. The van der Waals surface area contributed by atoms with Crippen molar-refractivity contribution >= 4 is 17.0 Å². The zero-order chi connectivity index (χ0) is 12.5. The number of fused-ring (bicyclic) bond motifs is 1. The summed E-state index contributed by atoms with van der Waals surface area (Å²) in [5.74, 6) is 1.61. The molecule has 0 bridgehead atoms. The van der Waals surface area contributed by atoms with E-state index in [-0.39, 0.29) is 0 Å². The number of hydrogen-bond donors (Lipinski definition) is 0. The number of rotatable bonds is 1. The first-order valence-electron chi connectivity index (χ1n) is 5.67.